The highest BCUT2D eigenvalue weighted by molar-refractivity contribution is 6.08. The first-order valence-electron chi connectivity index (χ1n) is 9.68. The second-order valence-corrected chi connectivity index (χ2v) is 7.32. The molecule has 3 heterocycles. The first kappa shape index (κ1) is 17.4. The van der Waals surface area contributed by atoms with E-state index >= 15 is 0 Å². The number of nitrogens with zero attached hydrogens (tertiary/aromatic N) is 3. The number of nitrogens with one attached hydrogen (secondary N) is 1. The molecule has 0 saturated carbocycles. The quantitative estimate of drug-likeness (QED) is 0.545. The van der Waals surface area contributed by atoms with Gasteiger partial charge in [-0.25, -0.2) is 0 Å². The average Bonchev–Trinajstić information content (AvgIpc) is 3.10. The van der Waals surface area contributed by atoms with Gasteiger partial charge in [0.25, 0.3) is 5.91 Å². The average molecular weight is 380 g/mol. The van der Waals surface area contributed by atoms with E-state index in [0.29, 0.717) is 17.3 Å². The van der Waals surface area contributed by atoms with Crippen molar-refractivity contribution in [2.45, 2.75) is 19.4 Å². The van der Waals surface area contributed by atoms with Gasteiger partial charge >= 0.3 is 0 Å². The van der Waals surface area contributed by atoms with Crippen LogP contribution in [-0.4, -0.2) is 21.9 Å². The Kier molecular flexibility index (Phi) is 4.21. The van der Waals surface area contributed by atoms with E-state index < -0.39 is 0 Å². The molecule has 0 fully saturated rings. The third-order valence-electron chi connectivity index (χ3n) is 5.35. The van der Waals surface area contributed by atoms with E-state index in [-0.39, 0.29) is 5.91 Å². The second kappa shape index (κ2) is 7.02. The second-order valence-electron chi connectivity index (χ2n) is 7.32. The number of aromatic nitrogens is 2. The van der Waals surface area contributed by atoms with Crippen LogP contribution in [0.25, 0.3) is 10.9 Å². The molecule has 1 atom stereocenters. The van der Waals surface area contributed by atoms with Gasteiger partial charge in [0.15, 0.2) is 0 Å². The van der Waals surface area contributed by atoms with Crippen LogP contribution in [0, 0.1) is 0 Å². The Balaban J connectivity index is 1.46. The predicted octanol–water partition coefficient (Wildman–Crippen LogP) is 4.96. The minimum Gasteiger partial charge on any atom is -0.337 e. The molecule has 0 saturated heterocycles. The molecule has 142 valence electrons. The molecule has 5 nitrogen and oxygen atoms in total. The van der Waals surface area contributed by atoms with E-state index in [0.717, 1.165) is 23.0 Å². The first-order valence-corrected chi connectivity index (χ1v) is 9.68. The lowest BCUT2D eigenvalue weighted by molar-refractivity contribution is 0.102. The van der Waals surface area contributed by atoms with Crippen LogP contribution in [0.3, 0.4) is 0 Å². The number of para-hydroxylation sites is 2. The van der Waals surface area contributed by atoms with Crippen LogP contribution < -0.4 is 10.2 Å². The summed E-state index contributed by atoms with van der Waals surface area (Å²) in [5, 5.41) is 3.98. The highest BCUT2D eigenvalue weighted by Crippen LogP contribution is 2.38. The standard InChI is InChI=1S/C24H20N4O/c1-16-12-18-6-2-3-10-22(18)28(16)20-13-19(14-25-15-20)24(29)27-21-9-4-7-17-8-5-11-26-23(17)21/h2-11,13-16H,12H2,1H3,(H,27,29). The van der Waals surface area contributed by atoms with E-state index in [1.165, 1.54) is 11.3 Å². The molecule has 5 heteroatoms. The number of amides is 1. The lowest BCUT2D eigenvalue weighted by atomic mass is 10.1. The zero-order valence-corrected chi connectivity index (χ0v) is 16.0. The monoisotopic (exact) mass is 380 g/mol. The normalized spacial score (nSPS) is 15.3. The fraction of sp³-hybridized carbons (Fsp3) is 0.125. The highest BCUT2D eigenvalue weighted by atomic mass is 16.1. The summed E-state index contributed by atoms with van der Waals surface area (Å²) >= 11 is 0. The Morgan fingerprint density at radius 1 is 1.07 bits per heavy atom. The fourth-order valence-electron chi connectivity index (χ4n) is 4.04. The van der Waals surface area contributed by atoms with Gasteiger partial charge in [0, 0.05) is 29.5 Å². The van der Waals surface area contributed by atoms with E-state index in [4.69, 9.17) is 0 Å². The maximum Gasteiger partial charge on any atom is 0.257 e. The molecule has 1 aliphatic rings. The molecular formula is C24H20N4O. The largest absolute Gasteiger partial charge is 0.337 e. The Hall–Kier alpha value is -3.73. The molecule has 0 aliphatic carbocycles. The van der Waals surface area contributed by atoms with Gasteiger partial charge in [-0.1, -0.05) is 36.4 Å². The van der Waals surface area contributed by atoms with Crippen molar-refractivity contribution >= 4 is 33.9 Å². The van der Waals surface area contributed by atoms with E-state index in [9.17, 15) is 4.79 Å². The van der Waals surface area contributed by atoms with Crippen molar-refractivity contribution in [2.75, 3.05) is 10.2 Å². The molecule has 1 unspecified atom stereocenters. The van der Waals surface area contributed by atoms with Gasteiger partial charge in [0.1, 0.15) is 0 Å². The predicted molar refractivity (Wildman–Crippen MR) is 116 cm³/mol. The van der Waals surface area contributed by atoms with Gasteiger partial charge in [-0.2, -0.15) is 0 Å². The summed E-state index contributed by atoms with van der Waals surface area (Å²) in [6.07, 6.45) is 6.12. The lowest BCUT2D eigenvalue weighted by Gasteiger charge is -2.25. The van der Waals surface area contributed by atoms with Crippen molar-refractivity contribution in [3.63, 3.8) is 0 Å². The van der Waals surface area contributed by atoms with Crippen molar-refractivity contribution in [1.29, 1.82) is 0 Å². The summed E-state index contributed by atoms with van der Waals surface area (Å²) in [6.45, 7) is 2.19. The van der Waals surface area contributed by atoms with Crippen molar-refractivity contribution in [3.8, 4) is 0 Å². The molecule has 0 bridgehead atoms. The summed E-state index contributed by atoms with van der Waals surface area (Å²) in [5.74, 6) is -0.197. The number of carbonyl (C=O) groups is 1. The van der Waals surface area contributed by atoms with Crippen LogP contribution in [0.4, 0.5) is 17.1 Å². The topological polar surface area (TPSA) is 58.1 Å². The van der Waals surface area contributed by atoms with Gasteiger partial charge in [-0.05, 0) is 43.2 Å². The van der Waals surface area contributed by atoms with E-state index in [1.54, 1.807) is 12.4 Å². The maximum absolute atomic E-state index is 13.0. The van der Waals surface area contributed by atoms with Gasteiger partial charge in [0.2, 0.25) is 0 Å². The van der Waals surface area contributed by atoms with Crippen LogP contribution in [-0.2, 0) is 6.42 Å². The highest BCUT2D eigenvalue weighted by Gasteiger charge is 2.27. The molecule has 2 aromatic heterocycles. The van der Waals surface area contributed by atoms with Crippen molar-refractivity contribution in [3.05, 3.63) is 90.4 Å². The number of fused-ring (bicyclic) bond motifs is 2. The number of benzene rings is 2. The third-order valence-corrected chi connectivity index (χ3v) is 5.35. The van der Waals surface area contributed by atoms with Crippen molar-refractivity contribution in [1.82, 2.24) is 9.97 Å². The number of hydrogen-bond donors (Lipinski definition) is 1. The number of pyridine rings is 2. The van der Waals surface area contributed by atoms with Crippen LogP contribution in [0.2, 0.25) is 0 Å². The van der Waals surface area contributed by atoms with Crippen LogP contribution in [0.1, 0.15) is 22.8 Å². The smallest absolute Gasteiger partial charge is 0.257 e. The summed E-state index contributed by atoms with van der Waals surface area (Å²) in [7, 11) is 0. The Morgan fingerprint density at radius 2 is 1.93 bits per heavy atom. The molecule has 2 aromatic carbocycles. The minimum absolute atomic E-state index is 0.197. The van der Waals surface area contributed by atoms with Crippen LogP contribution in [0.5, 0.6) is 0 Å². The molecule has 5 rings (SSSR count). The number of carbonyl (C=O) groups excluding carboxylic acids is 1. The number of rotatable bonds is 3. The zero-order chi connectivity index (χ0) is 19.8. The van der Waals surface area contributed by atoms with Crippen molar-refractivity contribution < 1.29 is 4.79 Å². The van der Waals surface area contributed by atoms with Crippen molar-refractivity contribution in [2.24, 2.45) is 0 Å². The van der Waals surface area contributed by atoms with Gasteiger partial charge < -0.3 is 10.2 Å². The fourth-order valence-corrected chi connectivity index (χ4v) is 4.04. The molecule has 1 aliphatic heterocycles. The Morgan fingerprint density at radius 3 is 2.86 bits per heavy atom. The zero-order valence-electron chi connectivity index (χ0n) is 16.0. The molecule has 1 amide bonds. The Bertz CT molecular complexity index is 1210. The van der Waals surface area contributed by atoms with E-state index in [2.05, 4.69) is 45.3 Å². The lowest BCUT2D eigenvalue weighted by Crippen LogP contribution is -2.24. The number of anilines is 3. The molecule has 29 heavy (non-hydrogen) atoms. The SMILES string of the molecule is CC1Cc2ccccc2N1c1cncc(C(=O)Nc2cccc3cccnc23)c1. The number of hydrogen-bond acceptors (Lipinski definition) is 4. The summed E-state index contributed by atoms with van der Waals surface area (Å²) in [4.78, 5) is 24.0. The summed E-state index contributed by atoms with van der Waals surface area (Å²) in [6, 6.07) is 20.2. The molecule has 4 aromatic rings. The van der Waals surface area contributed by atoms with Gasteiger partial charge in [-0.15, -0.1) is 0 Å². The minimum atomic E-state index is -0.197. The molecule has 0 spiro atoms. The summed E-state index contributed by atoms with van der Waals surface area (Å²) in [5.41, 5.74) is 5.40. The Labute approximate surface area is 169 Å². The van der Waals surface area contributed by atoms with E-state index in [1.807, 2.05) is 48.7 Å². The van der Waals surface area contributed by atoms with Gasteiger partial charge in [0.05, 0.1) is 28.7 Å². The first-order chi connectivity index (χ1) is 14.2. The van der Waals surface area contributed by atoms with Crippen LogP contribution in [0.15, 0.2) is 79.3 Å². The molecule has 1 N–H and O–H groups in total. The summed E-state index contributed by atoms with van der Waals surface area (Å²) < 4.78 is 0. The molecule has 0 radical (unpaired) electrons. The third kappa shape index (κ3) is 3.10. The van der Waals surface area contributed by atoms with Gasteiger partial charge in [-0.3, -0.25) is 14.8 Å². The molecular weight excluding hydrogens is 360 g/mol. The van der Waals surface area contributed by atoms with Crippen LogP contribution >= 0.6 is 0 Å². The maximum atomic E-state index is 13.0.